The first-order chi connectivity index (χ1) is 48.2. The fourth-order valence-corrected chi connectivity index (χ4v) is 14.0. The highest BCUT2D eigenvalue weighted by molar-refractivity contribution is 7.47. The third-order valence-corrected chi connectivity index (χ3v) is 20.8. The molecule has 0 aromatic rings. The number of unbranched alkanes of at least 4 members (excludes halogenated alkanes) is 55. The highest BCUT2D eigenvalue weighted by Gasteiger charge is 2.30. The van der Waals surface area contributed by atoms with Gasteiger partial charge in [0.1, 0.15) is 19.3 Å². The molecule has 0 aromatic carbocycles. The van der Waals surface area contributed by atoms with Crippen LogP contribution in [0.2, 0.25) is 0 Å². The van der Waals surface area contributed by atoms with E-state index in [-0.39, 0.29) is 25.7 Å². The van der Waals surface area contributed by atoms with Crippen LogP contribution >= 0.6 is 15.6 Å². The van der Waals surface area contributed by atoms with Gasteiger partial charge in [-0.3, -0.25) is 37.3 Å². The summed E-state index contributed by atoms with van der Waals surface area (Å²) in [6, 6.07) is 0. The molecule has 0 heterocycles. The third-order valence-electron chi connectivity index (χ3n) is 18.9. The predicted molar refractivity (Wildman–Crippen MR) is 405 cm³/mol. The molecule has 0 aliphatic carbocycles. The van der Waals surface area contributed by atoms with E-state index in [4.69, 9.17) is 37.0 Å². The van der Waals surface area contributed by atoms with Gasteiger partial charge in [0.15, 0.2) is 12.2 Å². The molecule has 17 nitrogen and oxygen atoms in total. The van der Waals surface area contributed by atoms with Gasteiger partial charge in [0.05, 0.1) is 26.4 Å². The molecule has 2 unspecified atom stereocenters. The Morgan fingerprint density at radius 3 is 0.596 bits per heavy atom. The molecule has 0 saturated carbocycles. The summed E-state index contributed by atoms with van der Waals surface area (Å²) >= 11 is 0. The maximum Gasteiger partial charge on any atom is 0.472 e. The Balaban J connectivity index is 5.22. The molecule has 99 heavy (non-hydrogen) atoms. The van der Waals surface area contributed by atoms with Gasteiger partial charge in [-0.1, -0.05) is 381 Å². The molecule has 588 valence electrons. The van der Waals surface area contributed by atoms with E-state index in [1.54, 1.807) is 0 Å². The zero-order chi connectivity index (χ0) is 72.5. The molecule has 0 bridgehead atoms. The molecule has 0 radical (unpaired) electrons. The molecule has 0 rings (SSSR count). The third kappa shape index (κ3) is 74.1. The Morgan fingerprint density at radius 1 is 0.242 bits per heavy atom. The Bertz CT molecular complexity index is 1880. The van der Waals surface area contributed by atoms with Crippen molar-refractivity contribution in [2.45, 2.75) is 451 Å². The summed E-state index contributed by atoms with van der Waals surface area (Å²) in [7, 11) is -9.91. The van der Waals surface area contributed by atoms with E-state index in [0.717, 1.165) is 89.9 Å². The molecule has 0 saturated heterocycles. The quantitative estimate of drug-likeness (QED) is 0.0222. The molecule has 0 aromatic heterocycles. The number of hydrogen-bond donors (Lipinski definition) is 3. The second-order valence-electron chi connectivity index (χ2n) is 28.8. The zero-order valence-electron chi connectivity index (χ0n) is 64.5. The van der Waals surface area contributed by atoms with Gasteiger partial charge in [-0.05, 0) is 25.7 Å². The van der Waals surface area contributed by atoms with Crippen LogP contribution in [0.1, 0.15) is 432 Å². The number of aliphatic hydroxyl groups is 1. The summed E-state index contributed by atoms with van der Waals surface area (Å²) in [5.41, 5.74) is 0. The number of aliphatic hydroxyl groups excluding tert-OH is 1. The van der Waals surface area contributed by atoms with Crippen molar-refractivity contribution in [3.63, 3.8) is 0 Å². The van der Waals surface area contributed by atoms with Gasteiger partial charge in [0.25, 0.3) is 0 Å². The molecule has 0 aliphatic heterocycles. The number of hydrogen-bond acceptors (Lipinski definition) is 15. The van der Waals surface area contributed by atoms with E-state index in [1.165, 1.54) is 263 Å². The summed E-state index contributed by atoms with van der Waals surface area (Å²) < 4.78 is 68.7. The van der Waals surface area contributed by atoms with Crippen LogP contribution in [0.4, 0.5) is 0 Å². The SMILES string of the molecule is CCCCCCCCCCCCCCCCCCCCC(=O)O[C@H](COC(=O)CCCCCCCCCCCCCCCCCC)COP(=O)(O)OC[C@@H](O)COP(=O)(O)OC[C@@H](COC(=O)CCCCCCCCCCC)OC(=O)CCCCCCCCCCCCCCCCCC. The molecular weight excluding hydrogens is 1290 g/mol. The van der Waals surface area contributed by atoms with E-state index in [0.29, 0.717) is 25.7 Å². The summed E-state index contributed by atoms with van der Waals surface area (Å²) in [6.07, 6.45) is 66.5. The lowest BCUT2D eigenvalue weighted by molar-refractivity contribution is -0.161. The van der Waals surface area contributed by atoms with Gasteiger partial charge >= 0.3 is 39.5 Å². The first-order valence-electron chi connectivity index (χ1n) is 41.8. The lowest BCUT2D eigenvalue weighted by Gasteiger charge is -2.21. The van der Waals surface area contributed by atoms with E-state index < -0.39 is 97.5 Å². The van der Waals surface area contributed by atoms with Gasteiger partial charge in [-0.15, -0.1) is 0 Å². The summed E-state index contributed by atoms with van der Waals surface area (Å²) in [5.74, 6) is -2.11. The Kier molecular flexibility index (Phi) is 72.9. The van der Waals surface area contributed by atoms with Crippen molar-refractivity contribution in [1.82, 2.24) is 0 Å². The summed E-state index contributed by atoms with van der Waals surface area (Å²) in [5, 5.41) is 10.6. The maximum atomic E-state index is 13.1. The second-order valence-corrected chi connectivity index (χ2v) is 31.7. The first-order valence-corrected chi connectivity index (χ1v) is 44.8. The largest absolute Gasteiger partial charge is 0.472 e. The summed E-state index contributed by atoms with van der Waals surface area (Å²) in [4.78, 5) is 73.0. The molecule has 19 heteroatoms. The van der Waals surface area contributed by atoms with Crippen molar-refractivity contribution in [2.24, 2.45) is 0 Å². The zero-order valence-corrected chi connectivity index (χ0v) is 66.3. The number of phosphoric acid groups is 2. The lowest BCUT2D eigenvalue weighted by Crippen LogP contribution is -2.30. The molecule has 0 aliphatic rings. The van der Waals surface area contributed by atoms with Crippen LogP contribution in [0.15, 0.2) is 0 Å². The highest BCUT2D eigenvalue weighted by Crippen LogP contribution is 2.45. The van der Waals surface area contributed by atoms with Crippen LogP contribution in [-0.4, -0.2) is 96.7 Å². The highest BCUT2D eigenvalue weighted by atomic mass is 31.2. The van der Waals surface area contributed by atoms with Crippen LogP contribution < -0.4 is 0 Å². The van der Waals surface area contributed by atoms with Crippen LogP contribution in [0.5, 0.6) is 0 Å². The van der Waals surface area contributed by atoms with Crippen LogP contribution in [0, 0.1) is 0 Å². The van der Waals surface area contributed by atoms with Crippen molar-refractivity contribution in [3.8, 4) is 0 Å². The maximum absolute atomic E-state index is 13.1. The average Bonchev–Trinajstić information content (AvgIpc) is 1.03. The minimum absolute atomic E-state index is 0.109. The average molecular weight is 1450 g/mol. The van der Waals surface area contributed by atoms with Crippen LogP contribution in [0.3, 0.4) is 0 Å². The molecule has 0 fully saturated rings. The molecule has 0 spiro atoms. The normalized spacial score (nSPS) is 13.8. The Hall–Kier alpha value is -1.94. The molecule has 3 N–H and O–H groups in total. The first kappa shape index (κ1) is 97.1. The number of ether oxygens (including phenoxy) is 4. The number of phosphoric ester groups is 2. The fourth-order valence-electron chi connectivity index (χ4n) is 12.5. The van der Waals surface area contributed by atoms with Gasteiger partial charge in [-0.2, -0.15) is 0 Å². The molecular formula is C80H156O17P2. The predicted octanol–water partition coefficient (Wildman–Crippen LogP) is 24.2. The van der Waals surface area contributed by atoms with Crippen LogP contribution in [-0.2, 0) is 65.4 Å². The van der Waals surface area contributed by atoms with E-state index in [2.05, 4.69) is 27.7 Å². The second kappa shape index (κ2) is 74.3. The fraction of sp³-hybridized carbons (Fsp3) is 0.950. The van der Waals surface area contributed by atoms with Gasteiger partial charge in [0.2, 0.25) is 0 Å². The van der Waals surface area contributed by atoms with E-state index in [1.807, 2.05) is 0 Å². The van der Waals surface area contributed by atoms with Crippen LogP contribution in [0.25, 0.3) is 0 Å². The molecule has 5 atom stereocenters. The lowest BCUT2D eigenvalue weighted by atomic mass is 10.0. The number of esters is 4. The van der Waals surface area contributed by atoms with Crippen molar-refractivity contribution in [1.29, 1.82) is 0 Å². The van der Waals surface area contributed by atoms with Gasteiger partial charge < -0.3 is 33.8 Å². The standard InChI is InChI=1S/C80H156O17P2/c1-5-9-13-17-21-25-28-31-34-37-38-41-44-47-51-55-59-63-67-80(85)97-76(71-91-78(83)65-61-57-53-49-45-42-39-35-32-29-26-22-18-14-10-6-2)73-95-99(88,89)93-69-74(81)68-92-98(86,87)94-72-75(70-90-77(82)64-60-56-52-48-24-20-16-12-8-4)96-79(84)66-62-58-54-50-46-43-40-36-33-30-27-23-19-15-11-7-3/h74-76,81H,5-73H2,1-4H3,(H,86,87)(H,88,89)/t74-,75+,76+/m0/s1. The minimum Gasteiger partial charge on any atom is -0.462 e. The van der Waals surface area contributed by atoms with Crippen molar-refractivity contribution in [2.75, 3.05) is 39.6 Å². The Morgan fingerprint density at radius 2 is 0.404 bits per heavy atom. The van der Waals surface area contributed by atoms with Gasteiger partial charge in [-0.25, -0.2) is 9.13 Å². The van der Waals surface area contributed by atoms with E-state index >= 15 is 0 Å². The smallest absolute Gasteiger partial charge is 0.462 e. The van der Waals surface area contributed by atoms with Crippen molar-refractivity contribution >= 4 is 39.5 Å². The number of carbonyl (C=O) groups excluding carboxylic acids is 4. The number of carbonyl (C=O) groups is 4. The number of rotatable bonds is 81. The summed E-state index contributed by atoms with van der Waals surface area (Å²) in [6.45, 7) is 5.01. The van der Waals surface area contributed by atoms with Crippen molar-refractivity contribution < 1.29 is 80.2 Å². The molecule has 0 amide bonds. The minimum atomic E-state index is -4.96. The monoisotopic (exact) mass is 1450 g/mol. The topological polar surface area (TPSA) is 237 Å². The van der Waals surface area contributed by atoms with Gasteiger partial charge in [0, 0.05) is 25.7 Å². The Labute approximate surface area is 607 Å². The van der Waals surface area contributed by atoms with E-state index in [9.17, 15) is 43.2 Å². The van der Waals surface area contributed by atoms with Crippen molar-refractivity contribution in [3.05, 3.63) is 0 Å².